The summed E-state index contributed by atoms with van der Waals surface area (Å²) in [6, 6.07) is 3.16. The number of aliphatic carboxylic acids is 1. The highest BCUT2D eigenvalue weighted by molar-refractivity contribution is 5.92. The molecule has 1 heterocycles. The van der Waals surface area contributed by atoms with E-state index >= 15 is 0 Å². The molecule has 0 aliphatic heterocycles. The molecule has 0 aromatic carbocycles. The van der Waals surface area contributed by atoms with Crippen molar-refractivity contribution in [3.05, 3.63) is 24.0 Å². The van der Waals surface area contributed by atoms with Gasteiger partial charge in [-0.2, -0.15) is 0 Å². The van der Waals surface area contributed by atoms with Crippen molar-refractivity contribution in [3.63, 3.8) is 0 Å². The van der Waals surface area contributed by atoms with Crippen molar-refractivity contribution in [3.8, 4) is 5.75 Å². The maximum Gasteiger partial charge on any atom is 0.309 e. The zero-order chi connectivity index (χ0) is 12.8. The maximum absolute atomic E-state index is 10.8. The lowest BCUT2D eigenvalue weighted by molar-refractivity contribution is -0.142. The zero-order valence-electron chi connectivity index (χ0n) is 9.51. The molecule has 0 fully saturated rings. The van der Waals surface area contributed by atoms with Crippen LogP contribution in [0, 0.1) is 11.3 Å². The van der Waals surface area contributed by atoms with Crippen molar-refractivity contribution in [1.82, 2.24) is 4.98 Å². The van der Waals surface area contributed by atoms with E-state index in [2.05, 4.69) is 4.98 Å². The van der Waals surface area contributed by atoms with Crippen LogP contribution in [-0.4, -0.2) is 28.5 Å². The summed E-state index contributed by atoms with van der Waals surface area (Å²) in [7, 11) is 0. The maximum atomic E-state index is 10.8. The van der Waals surface area contributed by atoms with Gasteiger partial charge in [0.2, 0.25) is 0 Å². The first-order valence-corrected chi connectivity index (χ1v) is 5.20. The lowest BCUT2D eigenvalue weighted by Crippen LogP contribution is -2.20. The second kappa shape index (κ2) is 5.83. The molecule has 0 spiro atoms. The van der Waals surface area contributed by atoms with Gasteiger partial charge < -0.3 is 15.6 Å². The predicted octanol–water partition coefficient (Wildman–Crippen LogP) is 0.855. The lowest BCUT2D eigenvalue weighted by Gasteiger charge is -2.11. The molecule has 0 aliphatic carbocycles. The topological polar surface area (TPSA) is 109 Å². The summed E-state index contributed by atoms with van der Waals surface area (Å²) in [5, 5.41) is 16.0. The largest absolute Gasteiger partial charge is 0.491 e. The number of nitrogens with two attached hydrogens (primary N) is 1. The van der Waals surface area contributed by atoms with Crippen LogP contribution in [0.4, 0.5) is 0 Å². The van der Waals surface area contributed by atoms with Crippen LogP contribution < -0.4 is 10.5 Å². The van der Waals surface area contributed by atoms with E-state index in [4.69, 9.17) is 21.0 Å². The number of hydrogen-bond acceptors (Lipinski definition) is 4. The number of aromatic nitrogens is 1. The van der Waals surface area contributed by atoms with Gasteiger partial charge in [-0.1, -0.05) is 6.92 Å². The van der Waals surface area contributed by atoms with Crippen LogP contribution in [-0.2, 0) is 4.79 Å². The van der Waals surface area contributed by atoms with E-state index in [1.54, 1.807) is 19.1 Å². The molecule has 1 aromatic rings. The van der Waals surface area contributed by atoms with Crippen molar-refractivity contribution < 1.29 is 14.6 Å². The van der Waals surface area contributed by atoms with Crippen molar-refractivity contribution in [2.24, 2.45) is 11.7 Å². The van der Waals surface area contributed by atoms with Crippen LogP contribution in [0.1, 0.15) is 19.0 Å². The second-order valence-electron chi connectivity index (χ2n) is 3.55. The Kier molecular flexibility index (Phi) is 4.45. The Morgan fingerprint density at radius 2 is 2.35 bits per heavy atom. The van der Waals surface area contributed by atoms with Gasteiger partial charge in [-0.15, -0.1) is 0 Å². The molecule has 6 heteroatoms. The number of pyridine rings is 1. The monoisotopic (exact) mass is 237 g/mol. The van der Waals surface area contributed by atoms with Gasteiger partial charge in [-0.05, 0) is 18.6 Å². The van der Waals surface area contributed by atoms with Gasteiger partial charge in [0.1, 0.15) is 23.9 Å². The van der Waals surface area contributed by atoms with Gasteiger partial charge in [-0.25, -0.2) is 4.98 Å². The summed E-state index contributed by atoms with van der Waals surface area (Å²) in [4.78, 5) is 14.7. The summed E-state index contributed by atoms with van der Waals surface area (Å²) >= 11 is 0. The summed E-state index contributed by atoms with van der Waals surface area (Å²) in [6.07, 6.45) is 1.93. The molecule has 1 aromatic heterocycles. The fourth-order valence-corrected chi connectivity index (χ4v) is 1.19. The second-order valence-corrected chi connectivity index (χ2v) is 3.55. The molecule has 0 saturated carbocycles. The minimum Gasteiger partial charge on any atom is -0.491 e. The number of nitrogens with zero attached hydrogens (tertiary/aromatic N) is 1. The van der Waals surface area contributed by atoms with E-state index in [9.17, 15) is 4.79 Å². The van der Waals surface area contributed by atoms with E-state index in [-0.39, 0.29) is 12.4 Å². The number of nitrogens with one attached hydrogen (secondary N) is 1. The highest BCUT2D eigenvalue weighted by Gasteiger charge is 2.15. The third kappa shape index (κ3) is 3.75. The summed E-state index contributed by atoms with van der Waals surface area (Å²) in [5.41, 5.74) is 5.61. The highest BCUT2D eigenvalue weighted by atomic mass is 16.5. The molecule has 4 N–H and O–H groups in total. The lowest BCUT2D eigenvalue weighted by atomic mass is 10.1. The molecule has 0 unspecified atom stereocenters. The molecule has 0 bridgehead atoms. The van der Waals surface area contributed by atoms with E-state index in [1.807, 2.05) is 0 Å². The summed E-state index contributed by atoms with van der Waals surface area (Å²) in [6.45, 7) is 1.90. The third-order valence-corrected chi connectivity index (χ3v) is 2.31. The molecule has 0 saturated heterocycles. The molecule has 0 aliphatic rings. The highest BCUT2D eigenvalue weighted by Crippen LogP contribution is 2.12. The summed E-state index contributed by atoms with van der Waals surface area (Å²) < 4.78 is 5.30. The van der Waals surface area contributed by atoms with Crippen molar-refractivity contribution >= 4 is 11.8 Å². The first kappa shape index (κ1) is 13.0. The molecular weight excluding hydrogens is 222 g/mol. The minimum atomic E-state index is -0.874. The number of hydrogen-bond donors (Lipinski definition) is 3. The zero-order valence-corrected chi connectivity index (χ0v) is 9.51. The van der Waals surface area contributed by atoms with Crippen LogP contribution in [0.15, 0.2) is 18.3 Å². The number of amidine groups is 1. The Hall–Kier alpha value is -2.11. The van der Waals surface area contributed by atoms with Crippen molar-refractivity contribution in [2.75, 3.05) is 6.61 Å². The van der Waals surface area contributed by atoms with E-state index < -0.39 is 11.9 Å². The molecule has 0 amide bonds. The number of rotatable bonds is 6. The normalized spacial score (nSPS) is 11.8. The Morgan fingerprint density at radius 3 is 2.76 bits per heavy atom. The van der Waals surface area contributed by atoms with E-state index in [1.165, 1.54) is 6.20 Å². The smallest absolute Gasteiger partial charge is 0.309 e. The number of carboxylic acids is 1. The Labute approximate surface area is 98.9 Å². The molecule has 17 heavy (non-hydrogen) atoms. The average molecular weight is 237 g/mol. The number of nitrogen functional groups attached to an aromatic ring is 1. The molecule has 0 radical (unpaired) electrons. The molecule has 1 atom stereocenters. The molecule has 1 rings (SSSR count). The fraction of sp³-hybridized carbons (Fsp3) is 0.364. The number of carbonyl (C=O) groups is 1. The van der Waals surface area contributed by atoms with Crippen LogP contribution in [0.2, 0.25) is 0 Å². The van der Waals surface area contributed by atoms with Crippen LogP contribution in [0.5, 0.6) is 5.75 Å². The van der Waals surface area contributed by atoms with Crippen LogP contribution >= 0.6 is 0 Å². The molecular formula is C11H15N3O3. The predicted molar refractivity (Wildman–Crippen MR) is 62.2 cm³/mol. The molecule has 92 valence electrons. The summed E-state index contributed by atoms with van der Waals surface area (Å²) in [5.74, 6) is -1.05. The van der Waals surface area contributed by atoms with Crippen molar-refractivity contribution in [1.29, 1.82) is 5.41 Å². The van der Waals surface area contributed by atoms with Gasteiger partial charge in [0.25, 0.3) is 0 Å². The Balaban J connectivity index is 2.58. The van der Waals surface area contributed by atoms with Crippen molar-refractivity contribution in [2.45, 2.75) is 13.3 Å². The average Bonchev–Trinajstić information content (AvgIpc) is 2.30. The van der Waals surface area contributed by atoms with Gasteiger partial charge in [0.15, 0.2) is 0 Å². The fourth-order valence-electron chi connectivity index (χ4n) is 1.19. The van der Waals surface area contributed by atoms with Crippen LogP contribution in [0.3, 0.4) is 0 Å². The minimum absolute atomic E-state index is 0.104. The van der Waals surface area contributed by atoms with E-state index in [0.717, 1.165) is 0 Å². The Morgan fingerprint density at radius 1 is 1.65 bits per heavy atom. The number of carboxylic acid groups (broad SMARTS) is 1. The van der Waals surface area contributed by atoms with Gasteiger partial charge >= 0.3 is 5.97 Å². The number of ether oxygens (including phenoxy) is 1. The standard InChI is InChI=1S/C11H15N3O3/c1-2-7(11(15)16)6-17-8-3-4-9(10(12)13)14-5-8/h3-5,7H,2,6H2,1H3,(H3,12,13)(H,15,16)/t7-/m1/s1. The molecule has 6 nitrogen and oxygen atoms in total. The Bertz CT molecular complexity index is 403. The third-order valence-electron chi connectivity index (χ3n) is 2.31. The first-order chi connectivity index (χ1) is 8.04. The van der Waals surface area contributed by atoms with Gasteiger partial charge in [0.05, 0.1) is 12.1 Å². The van der Waals surface area contributed by atoms with Crippen LogP contribution in [0.25, 0.3) is 0 Å². The van der Waals surface area contributed by atoms with E-state index in [0.29, 0.717) is 17.9 Å². The first-order valence-electron chi connectivity index (χ1n) is 5.20. The SMILES string of the molecule is CC[C@H](COc1ccc(C(=N)N)nc1)C(=O)O. The van der Waals surface area contributed by atoms with Gasteiger partial charge in [-0.3, -0.25) is 10.2 Å². The quantitative estimate of drug-likeness (QED) is 0.502. The van der Waals surface area contributed by atoms with Gasteiger partial charge in [0, 0.05) is 0 Å².